The van der Waals surface area contributed by atoms with Gasteiger partial charge in [-0.1, -0.05) is 47.5 Å². The predicted octanol–water partition coefficient (Wildman–Crippen LogP) is 5.30. The van der Waals surface area contributed by atoms with E-state index in [9.17, 15) is 9.59 Å². The number of hydrogen-bond acceptors (Lipinski definition) is 9. The third-order valence-corrected chi connectivity index (χ3v) is 7.00. The first kappa shape index (κ1) is 30.1. The number of amides is 2. The second-order valence-corrected chi connectivity index (χ2v) is 10.3. The standard InChI is InChI=1S/C30H25Cl2N9O3/c1-44-30(43)35-23-10-4-19(5-11-23)24-16-26(37-38-29(24)32)25(14-18-2-8-22(33)9-3-18)36-28(42)13-6-20-15-21(31)7-12-27(20)41-17-34-39-40-41/h2-13,15-17,25H,14,33H2,1H3,(H,35,43)(H,36,42)/b13-6+. The zero-order chi connectivity index (χ0) is 31.1. The van der Waals surface area contributed by atoms with E-state index in [-0.39, 0.29) is 11.1 Å². The molecule has 1 unspecified atom stereocenters. The number of nitrogens with zero attached hydrogens (tertiary/aromatic N) is 6. The van der Waals surface area contributed by atoms with Gasteiger partial charge in [-0.2, -0.15) is 9.78 Å². The maximum atomic E-state index is 13.3. The summed E-state index contributed by atoms with van der Waals surface area (Å²) in [4.78, 5) is 24.8. The molecule has 3 aromatic carbocycles. The molecule has 12 nitrogen and oxygen atoms in total. The molecule has 0 saturated heterocycles. The van der Waals surface area contributed by atoms with E-state index >= 15 is 0 Å². The maximum Gasteiger partial charge on any atom is 0.411 e. The molecular weight excluding hydrogens is 605 g/mol. The van der Waals surface area contributed by atoms with Gasteiger partial charge in [-0.3, -0.25) is 10.1 Å². The molecule has 0 aliphatic carbocycles. The van der Waals surface area contributed by atoms with Crippen LogP contribution in [-0.2, 0) is 16.0 Å². The number of nitrogens with two attached hydrogens (primary N) is 1. The van der Waals surface area contributed by atoms with Crippen LogP contribution in [0, 0.1) is 0 Å². The lowest BCUT2D eigenvalue weighted by molar-refractivity contribution is -0.117. The van der Waals surface area contributed by atoms with Crippen molar-refractivity contribution < 1.29 is 14.3 Å². The molecule has 5 rings (SSSR count). The SMILES string of the molecule is COC(=O)Nc1ccc(-c2cc(C(Cc3ccc(N)cc3)NC(=O)/C=C/c3cc(Cl)ccc3-n3cnnn3)nnc2Cl)cc1. The Morgan fingerprint density at radius 3 is 2.50 bits per heavy atom. The highest BCUT2D eigenvalue weighted by molar-refractivity contribution is 6.32. The number of rotatable bonds is 9. The molecule has 4 N–H and O–H groups in total. The normalized spacial score (nSPS) is 11.7. The Bertz CT molecular complexity index is 1800. The second kappa shape index (κ2) is 13.8. The summed E-state index contributed by atoms with van der Waals surface area (Å²) in [6.07, 6.45) is 4.28. The molecule has 2 aromatic heterocycles. The van der Waals surface area contributed by atoms with Crippen molar-refractivity contribution >= 4 is 52.7 Å². The van der Waals surface area contributed by atoms with E-state index in [0.29, 0.717) is 45.3 Å². The van der Waals surface area contributed by atoms with Gasteiger partial charge in [-0.05, 0) is 82.6 Å². The predicted molar refractivity (Wildman–Crippen MR) is 167 cm³/mol. The summed E-state index contributed by atoms with van der Waals surface area (Å²) in [5.74, 6) is -0.385. The smallest absolute Gasteiger partial charge is 0.411 e. The minimum absolute atomic E-state index is 0.177. The van der Waals surface area contributed by atoms with Gasteiger partial charge < -0.3 is 15.8 Å². The summed E-state index contributed by atoms with van der Waals surface area (Å²) >= 11 is 12.7. The lowest BCUT2D eigenvalue weighted by atomic mass is 10.00. The second-order valence-electron chi connectivity index (χ2n) is 9.47. The summed E-state index contributed by atoms with van der Waals surface area (Å²) in [6, 6.07) is 20.7. The third-order valence-electron chi connectivity index (χ3n) is 6.49. The molecule has 0 fully saturated rings. The van der Waals surface area contributed by atoms with Gasteiger partial charge >= 0.3 is 6.09 Å². The Labute approximate surface area is 261 Å². The number of halogens is 2. The van der Waals surface area contributed by atoms with Gasteiger partial charge in [0.15, 0.2) is 5.15 Å². The van der Waals surface area contributed by atoms with E-state index in [4.69, 9.17) is 28.9 Å². The quantitative estimate of drug-likeness (QED) is 0.145. The number of benzene rings is 3. The highest BCUT2D eigenvalue weighted by Crippen LogP contribution is 2.30. The molecule has 44 heavy (non-hydrogen) atoms. The summed E-state index contributed by atoms with van der Waals surface area (Å²) in [6.45, 7) is 0. The van der Waals surface area contributed by atoms with Crippen LogP contribution in [0.15, 0.2) is 85.2 Å². The Kier molecular flexibility index (Phi) is 9.43. The highest BCUT2D eigenvalue weighted by atomic mass is 35.5. The van der Waals surface area contributed by atoms with Gasteiger partial charge in [0, 0.05) is 33.6 Å². The molecule has 2 heterocycles. The van der Waals surface area contributed by atoms with Crippen LogP contribution in [0.5, 0.6) is 0 Å². The number of aromatic nitrogens is 6. The number of ether oxygens (including phenoxy) is 1. The summed E-state index contributed by atoms with van der Waals surface area (Å²) in [7, 11) is 1.29. The molecule has 0 aliphatic rings. The van der Waals surface area contributed by atoms with Crippen molar-refractivity contribution in [3.05, 3.63) is 112 Å². The van der Waals surface area contributed by atoms with Crippen molar-refractivity contribution in [1.29, 1.82) is 0 Å². The fourth-order valence-electron chi connectivity index (χ4n) is 4.31. The minimum atomic E-state index is -0.585. The first-order valence-corrected chi connectivity index (χ1v) is 13.9. The molecule has 1 atom stereocenters. The van der Waals surface area contributed by atoms with Crippen molar-refractivity contribution in [2.24, 2.45) is 0 Å². The Hall–Kier alpha value is -5.33. The number of tetrazole rings is 1. The average Bonchev–Trinajstić information content (AvgIpc) is 3.56. The molecular formula is C30H25Cl2N9O3. The van der Waals surface area contributed by atoms with E-state index in [2.05, 4.69) is 41.1 Å². The van der Waals surface area contributed by atoms with Crippen LogP contribution in [0.1, 0.15) is 22.9 Å². The van der Waals surface area contributed by atoms with Gasteiger partial charge in [0.05, 0.1) is 24.5 Å². The van der Waals surface area contributed by atoms with Gasteiger partial charge in [0.25, 0.3) is 0 Å². The summed E-state index contributed by atoms with van der Waals surface area (Å²) < 4.78 is 6.11. The number of methoxy groups -OCH3 is 1. The molecule has 5 aromatic rings. The molecule has 0 saturated carbocycles. The monoisotopic (exact) mass is 629 g/mol. The number of nitrogens with one attached hydrogen (secondary N) is 2. The fraction of sp³-hybridized carbons (Fsp3) is 0.100. The molecule has 222 valence electrons. The number of carbonyl (C=O) groups excluding carboxylic acids is 2. The van der Waals surface area contributed by atoms with Crippen LogP contribution < -0.4 is 16.4 Å². The average molecular weight is 630 g/mol. The van der Waals surface area contributed by atoms with E-state index in [1.165, 1.54) is 24.2 Å². The van der Waals surface area contributed by atoms with Gasteiger partial charge in [-0.15, -0.1) is 10.2 Å². The van der Waals surface area contributed by atoms with Crippen molar-refractivity contribution in [2.45, 2.75) is 12.5 Å². The lowest BCUT2D eigenvalue weighted by Crippen LogP contribution is -2.29. The number of nitrogen functional groups attached to an aromatic ring is 1. The minimum Gasteiger partial charge on any atom is -0.453 e. The van der Waals surface area contributed by atoms with E-state index in [1.807, 2.05) is 12.1 Å². The Balaban J connectivity index is 1.43. The van der Waals surface area contributed by atoms with Crippen LogP contribution >= 0.6 is 23.2 Å². The van der Waals surface area contributed by atoms with Crippen molar-refractivity contribution in [1.82, 2.24) is 35.7 Å². The number of carbonyl (C=O) groups is 2. The molecule has 0 radical (unpaired) electrons. The van der Waals surface area contributed by atoms with Crippen molar-refractivity contribution in [3.63, 3.8) is 0 Å². The Morgan fingerprint density at radius 2 is 1.80 bits per heavy atom. The first-order valence-electron chi connectivity index (χ1n) is 13.1. The largest absolute Gasteiger partial charge is 0.453 e. The van der Waals surface area contributed by atoms with E-state index < -0.39 is 12.1 Å². The highest BCUT2D eigenvalue weighted by Gasteiger charge is 2.19. The molecule has 0 spiro atoms. The van der Waals surface area contributed by atoms with Crippen LogP contribution in [-0.4, -0.2) is 49.5 Å². The zero-order valence-corrected chi connectivity index (χ0v) is 24.7. The van der Waals surface area contributed by atoms with Crippen molar-refractivity contribution in [2.75, 3.05) is 18.2 Å². The van der Waals surface area contributed by atoms with Crippen molar-refractivity contribution in [3.8, 4) is 16.8 Å². The van der Waals surface area contributed by atoms with Gasteiger partial charge in [0.2, 0.25) is 5.91 Å². The topological polar surface area (TPSA) is 163 Å². The van der Waals surface area contributed by atoms with Crippen LogP contribution in [0.2, 0.25) is 10.2 Å². The summed E-state index contributed by atoms with van der Waals surface area (Å²) in [5.41, 5.74) is 11.0. The first-order chi connectivity index (χ1) is 21.3. The summed E-state index contributed by atoms with van der Waals surface area (Å²) in [5, 5.41) is 26.0. The van der Waals surface area contributed by atoms with E-state index in [0.717, 1.165) is 11.1 Å². The molecule has 0 aliphatic heterocycles. The van der Waals surface area contributed by atoms with Crippen LogP contribution in [0.3, 0.4) is 0 Å². The third kappa shape index (κ3) is 7.54. The fourth-order valence-corrected chi connectivity index (χ4v) is 4.69. The zero-order valence-electron chi connectivity index (χ0n) is 23.2. The number of hydrogen-bond donors (Lipinski definition) is 3. The molecule has 0 bridgehead atoms. The van der Waals surface area contributed by atoms with E-state index in [1.54, 1.807) is 66.7 Å². The molecule has 2 amide bonds. The van der Waals surface area contributed by atoms with Gasteiger partial charge in [0.1, 0.15) is 6.33 Å². The Morgan fingerprint density at radius 1 is 1.02 bits per heavy atom. The van der Waals surface area contributed by atoms with Crippen LogP contribution in [0.4, 0.5) is 16.2 Å². The molecule has 14 heteroatoms. The van der Waals surface area contributed by atoms with Gasteiger partial charge in [-0.25, -0.2) is 4.79 Å². The van der Waals surface area contributed by atoms with Crippen LogP contribution in [0.25, 0.3) is 22.9 Å². The number of anilines is 2. The lowest BCUT2D eigenvalue weighted by Gasteiger charge is -2.19. The maximum absolute atomic E-state index is 13.3.